The first-order valence-corrected chi connectivity index (χ1v) is 13.8. The molecule has 0 saturated carbocycles. The lowest BCUT2D eigenvalue weighted by atomic mass is 9.77. The molecule has 3 N–H and O–H groups in total. The van der Waals surface area contributed by atoms with Crippen LogP contribution in [0.15, 0.2) is 24.0 Å². The molecule has 11 nitrogen and oxygen atoms in total. The molecule has 3 aliphatic heterocycles. The second-order valence-electron chi connectivity index (χ2n) is 11.6. The molecule has 3 heterocycles. The first-order chi connectivity index (χ1) is 19.1. The van der Waals surface area contributed by atoms with Gasteiger partial charge < -0.3 is 39.0 Å². The number of methoxy groups -OCH3 is 2. The number of aliphatic hydroxyl groups excluding tert-OH is 1. The quantitative estimate of drug-likeness (QED) is 0.358. The van der Waals surface area contributed by atoms with E-state index in [4.69, 9.17) is 23.7 Å². The molecule has 0 radical (unpaired) electrons. The molecule has 1 aromatic rings. The molecule has 4 aliphatic rings. The van der Waals surface area contributed by atoms with E-state index in [1.807, 2.05) is 12.1 Å². The number of esters is 2. The average Bonchev–Trinajstić information content (AvgIpc) is 3.62. The van der Waals surface area contributed by atoms with Crippen LogP contribution in [0.2, 0.25) is 0 Å². The smallest absolute Gasteiger partial charge is 0.339 e. The highest BCUT2D eigenvalue weighted by Gasteiger charge is 2.59. The van der Waals surface area contributed by atoms with Gasteiger partial charge in [-0.1, -0.05) is 0 Å². The molecular weight excluding hydrogens is 522 g/mol. The minimum absolute atomic E-state index is 0.105. The zero-order chi connectivity index (χ0) is 28.7. The van der Waals surface area contributed by atoms with E-state index in [-0.39, 0.29) is 32.0 Å². The van der Waals surface area contributed by atoms with Crippen molar-refractivity contribution in [1.82, 2.24) is 4.90 Å². The highest BCUT2D eigenvalue weighted by atomic mass is 16.7. The number of benzene rings is 1. The Morgan fingerprint density at radius 3 is 2.60 bits per heavy atom. The minimum Gasteiger partial charge on any atom is -0.497 e. The summed E-state index contributed by atoms with van der Waals surface area (Å²) < 4.78 is 28.0. The first-order valence-electron chi connectivity index (χ1n) is 13.8. The highest BCUT2D eigenvalue weighted by Crippen LogP contribution is 2.55. The summed E-state index contributed by atoms with van der Waals surface area (Å²) in [5.74, 6) is -0.268. The normalized spacial score (nSPS) is 27.8. The summed E-state index contributed by atoms with van der Waals surface area (Å²) in [6.07, 6.45) is 3.27. The molecule has 1 saturated heterocycles. The van der Waals surface area contributed by atoms with Crippen LogP contribution in [-0.2, 0) is 30.2 Å². The van der Waals surface area contributed by atoms with Crippen LogP contribution in [0.25, 0.3) is 0 Å². The number of carbonyl (C=O) groups excluding carboxylic acids is 2. The van der Waals surface area contributed by atoms with Gasteiger partial charge in [-0.05, 0) is 81.3 Å². The number of hydrogen-bond acceptors (Lipinski definition) is 11. The minimum atomic E-state index is -2.20. The van der Waals surface area contributed by atoms with Crippen LogP contribution in [0, 0.1) is 0 Å². The second-order valence-corrected chi connectivity index (χ2v) is 11.6. The number of nitrogens with zero attached hydrogens (tertiary/aromatic N) is 1. The van der Waals surface area contributed by atoms with Gasteiger partial charge in [0.25, 0.3) is 0 Å². The third-order valence-electron chi connectivity index (χ3n) is 8.89. The summed E-state index contributed by atoms with van der Waals surface area (Å²) in [5.41, 5.74) is -1.99. The maximum atomic E-state index is 13.8. The van der Waals surface area contributed by atoms with Crippen molar-refractivity contribution in [2.45, 2.75) is 80.6 Å². The molecule has 0 aromatic heterocycles. The molecule has 1 unspecified atom stereocenters. The largest absolute Gasteiger partial charge is 0.497 e. The maximum absolute atomic E-state index is 13.8. The van der Waals surface area contributed by atoms with Crippen molar-refractivity contribution in [3.05, 3.63) is 35.1 Å². The fourth-order valence-corrected chi connectivity index (χ4v) is 6.73. The van der Waals surface area contributed by atoms with Crippen LogP contribution in [0.1, 0.15) is 62.5 Å². The van der Waals surface area contributed by atoms with E-state index < -0.39 is 47.8 Å². The van der Waals surface area contributed by atoms with Gasteiger partial charge in [-0.25, -0.2) is 4.79 Å². The van der Waals surface area contributed by atoms with Gasteiger partial charge in [0, 0.05) is 6.54 Å². The summed E-state index contributed by atoms with van der Waals surface area (Å²) in [4.78, 5) is 28.4. The SMILES string of the molecule is COC(=O)C[C@](O)(CCCC(C)(O)CO)C(=O)O[C@@H]1C(OC)=C[C@]23CCCN2CCc2cc4c(cc2[C@H]13)OCO4. The van der Waals surface area contributed by atoms with Crippen molar-refractivity contribution in [1.29, 1.82) is 0 Å². The van der Waals surface area contributed by atoms with Gasteiger partial charge in [-0.15, -0.1) is 0 Å². The number of aliphatic hydroxyl groups is 3. The van der Waals surface area contributed by atoms with E-state index >= 15 is 0 Å². The number of hydrogen-bond donors (Lipinski definition) is 3. The number of fused-ring (bicyclic) bond motifs is 3. The predicted molar refractivity (Wildman–Crippen MR) is 141 cm³/mol. The monoisotopic (exact) mass is 561 g/mol. The molecule has 1 aromatic carbocycles. The van der Waals surface area contributed by atoms with Crippen LogP contribution in [0.3, 0.4) is 0 Å². The number of ether oxygens (including phenoxy) is 5. The molecule has 1 fully saturated rings. The Hall–Kier alpha value is -2.86. The molecule has 40 heavy (non-hydrogen) atoms. The van der Waals surface area contributed by atoms with Gasteiger partial charge in [-0.2, -0.15) is 0 Å². The summed E-state index contributed by atoms with van der Waals surface area (Å²) in [7, 11) is 2.71. The first kappa shape index (κ1) is 28.7. The van der Waals surface area contributed by atoms with E-state index in [0.29, 0.717) is 17.3 Å². The highest BCUT2D eigenvalue weighted by molar-refractivity contribution is 5.86. The van der Waals surface area contributed by atoms with Gasteiger partial charge in [0.05, 0.1) is 44.3 Å². The van der Waals surface area contributed by atoms with Crippen molar-refractivity contribution < 1.29 is 48.6 Å². The third kappa shape index (κ3) is 5.04. The lowest BCUT2D eigenvalue weighted by molar-refractivity contribution is -0.178. The van der Waals surface area contributed by atoms with Crippen molar-refractivity contribution in [2.75, 3.05) is 40.7 Å². The van der Waals surface area contributed by atoms with Crippen molar-refractivity contribution >= 4 is 11.9 Å². The van der Waals surface area contributed by atoms with Crippen LogP contribution < -0.4 is 9.47 Å². The topological polar surface area (TPSA) is 144 Å². The summed E-state index contributed by atoms with van der Waals surface area (Å²) >= 11 is 0. The Bertz CT molecular complexity index is 1180. The van der Waals surface area contributed by atoms with Crippen molar-refractivity contribution in [3.63, 3.8) is 0 Å². The lowest BCUT2D eigenvalue weighted by Crippen LogP contribution is -2.49. The molecule has 0 amide bonds. The van der Waals surface area contributed by atoms with Crippen LogP contribution in [0.5, 0.6) is 11.5 Å². The van der Waals surface area contributed by atoms with E-state index in [1.165, 1.54) is 21.1 Å². The van der Waals surface area contributed by atoms with Gasteiger partial charge in [0.15, 0.2) is 23.2 Å². The molecular formula is C29H39NO10. The Morgan fingerprint density at radius 2 is 1.90 bits per heavy atom. The molecule has 5 rings (SSSR count). The Morgan fingerprint density at radius 1 is 1.15 bits per heavy atom. The van der Waals surface area contributed by atoms with E-state index in [9.17, 15) is 24.9 Å². The summed E-state index contributed by atoms with van der Waals surface area (Å²) in [6.45, 7) is 2.83. The Kier molecular flexibility index (Phi) is 7.77. The maximum Gasteiger partial charge on any atom is 0.339 e. The van der Waals surface area contributed by atoms with Crippen LogP contribution in [0.4, 0.5) is 0 Å². The van der Waals surface area contributed by atoms with Gasteiger partial charge in [-0.3, -0.25) is 9.69 Å². The molecule has 0 bridgehead atoms. The molecule has 1 spiro atoms. The zero-order valence-corrected chi connectivity index (χ0v) is 23.3. The zero-order valence-electron chi connectivity index (χ0n) is 23.3. The van der Waals surface area contributed by atoms with E-state index in [1.54, 1.807) is 0 Å². The average molecular weight is 562 g/mol. The molecule has 5 atom stereocenters. The summed E-state index contributed by atoms with van der Waals surface area (Å²) in [6, 6.07) is 3.97. The lowest BCUT2D eigenvalue weighted by Gasteiger charge is -2.39. The van der Waals surface area contributed by atoms with Crippen molar-refractivity contribution in [2.24, 2.45) is 0 Å². The van der Waals surface area contributed by atoms with Crippen LogP contribution >= 0.6 is 0 Å². The Labute approximate surface area is 233 Å². The molecule has 220 valence electrons. The van der Waals surface area contributed by atoms with Gasteiger partial charge in [0.1, 0.15) is 5.76 Å². The second kappa shape index (κ2) is 10.8. The third-order valence-corrected chi connectivity index (χ3v) is 8.89. The molecule has 1 aliphatic carbocycles. The summed E-state index contributed by atoms with van der Waals surface area (Å²) in [5, 5.41) is 31.1. The van der Waals surface area contributed by atoms with E-state index in [0.717, 1.165) is 43.5 Å². The van der Waals surface area contributed by atoms with E-state index in [2.05, 4.69) is 11.0 Å². The van der Waals surface area contributed by atoms with Gasteiger partial charge >= 0.3 is 11.9 Å². The number of rotatable bonds is 10. The van der Waals surface area contributed by atoms with Crippen LogP contribution in [-0.4, -0.2) is 95.7 Å². The van der Waals surface area contributed by atoms with Crippen molar-refractivity contribution in [3.8, 4) is 11.5 Å². The Balaban J connectivity index is 1.49. The standard InChI is InChI=1S/C29H39NO10/c1-27(34,16-31)7-4-9-29(35,15-23(32)37-3)26(33)40-25-22(36-2)14-28-8-5-10-30(28)11-6-18-12-20-21(39-17-38-20)13-19(18)24(25)28/h12-14,24-25,31,34-35H,4-11,15-17H2,1-3H3/t24-,25-,27?,28+,29-/m1/s1. The fraction of sp³-hybridized carbons (Fsp3) is 0.655. The predicted octanol–water partition coefficient (Wildman–Crippen LogP) is 1.55. The molecule has 11 heteroatoms. The number of carbonyl (C=O) groups is 2. The van der Waals surface area contributed by atoms with Gasteiger partial charge in [0.2, 0.25) is 6.79 Å². The fourth-order valence-electron chi connectivity index (χ4n) is 6.73.